The Hall–Kier alpha value is -0.900. The normalized spacial score (nSPS) is 21.2. The first kappa shape index (κ1) is 16.5. The van der Waals surface area contributed by atoms with Crippen molar-refractivity contribution in [2.75, 3.05) is 26.3 Å². The molecule has 21 heavy (non-hydrogen) atoms. The Balaban J connectivity index is 2.04. The number of aliphatic hydroxyl groups is 1. The van der Waals surface area contributed by atoms with Gasteiger partial charge in [-0.2, -0.15) is 0 Å². The highest BCUT2D eigenvalue weighted by molar-refractivity contribution is 5.28. The van der Waals surface area contributed by atoms with Gasteiger partial charge in [0.2, 0.25) is 0 Å². The van der Waals surface area contributed by atoms with Crippen LogP contribution in [0.1, 0.15) is 51.8 Å². The molecule has 0 spiro atoms. The maximum Gasteiger partial charge on any atom is 0.0917 e. The van der Waals surface area contributed by atoms with Crippen LogP contribution in [0.15, 0.2) is 24.3 Å². The summed E-state index contributed by atoms with van der Waals surface area (Å²) in [6, 6.07) is 8.36. The summed E-state index contributed by atoms with van der Waals surface area (Å²) in [4.78, 5) is 2.32. The Morgan fingerprint density at radius 2 is 1.86 bits per heavy atom. The quantitative estimate of drug-likeness (QED) is 0.928. The summed E-state index contributed by atoms with van der Waals surface area (Å²) in [6.07, 6.45) is -0.448. The third-order valence-corrected chi connectivity index (χ3v) is 4.37. The van der Waals surface area contributed by atoms with Crippen molar-refractivity contribution in [1.29, 1.82) is 0 Å². The van der Waals surface area contributed by atoms with Gasteiger partial charge in [0.1, 0.15) is 0 Å². The average Bonchev–Trinajstić information content (AvgIpc) is 2.40. The first-order chi connectivity index (χ1) is 9.70. The molecule has 1 atom stereocenters. The van der Waals surface area contributed by atoms with E-state index in [2.05, 4.69) is 63.8 Å². The predicted octanol–water partition coefficient (Wildman–Crippen LogP) is 3.13. The molecular formula is C18H29NO2. The summed E-state index contributed by atoms with van der Waals surface area (Å²) in [5, 5.41) is 10.5. The van der Waals surface area contributed by atoms with Crippen LogP contribution in [0.25, 0.3) is 0 Å². The van der Waals surface area contributed by atoms with Gasteiger partial charge in [-0.15, -0.1) is 0 Å². The van der Waals surface area contributed by atoms with Crippen LogP contribution in [0, 0.1) is 0 Å². The second-order valence-electron chi connectivity index (χ2n) is 7.70. The third kappa shape index (κ3) is 4.06. The summed E-state index contributed by atoms with van der Waals surface area (Å²) in [5.41, 5.74) is 2.43. The predicted molar refractivity (Wildman–Crippen MR) is 86.6 cm³/mol. The molecule has 1 N–H and O–H groups in total. The number of hydrogen-bond donors (Lipinski definition) is 1. The number of morpholine rings is 1. The molecule has 0 saturated carbocycles. The van der Waals surface area contributed by atoms with E-state index in [1.165, 1.54) is 5.56 Å². The Morgan fingerprint density at radius 1 is 1.24 bits per heavy atom. The van der Waals surface area contributed by atoms with Gasteiger partial charge in [0, 0.05) is 18.6 Å². The summed E-state index contributed by atoms with van der Waals surface area (Å²) in [7, 11) is 0. The van der Waals surface area contributed by atoms with Crippen molar-refractivity contribution in [3.63, 3.8) is 0 Å². The molecule has 1 aliphatic rings. The molecule has 1 aromatic rings. The van der Waals surface area contributed by atoms with E-state index in [0.29, 0.717) is 6.54 Å². The topological polar surface area (TPSA) is 32.7 Å². The lowest BCUT2D eigenvalue weighted by atomic mass is 9.86. The van der Waals surface area contributed by atoms with E-state index in [1.807, 2.05) is 0 Å². The van der Waals surface area contributed by atoms with Crippen molar-refractivity contribution < 1.29 is 9.84 Å². The fourth-order valence-corrected chi connectivity index (χ4v) is 2.75. The summed E-state index contributed by atoms with van der Waals surface area (Å²) in [6.45, 7) is 14.0. The first-order valence-corrected chi connectivity index (χ1v) is 7.81. The SMILES string of the molecule is CC(C)(C)c1ccc(C(O)CN2CCOCC2(C)C)cc1. The van der Waals surface area contributed by atoms with E-state index >= 15 is 0 Å². The molecule has 118 valence electrons. The van der Waals surface area contributed by atoms with E-state index < -0.39 is 6.10 Å². The van der Waals surface area contributed by atoms with Crippen LogP contribution >= 0.6 is 0 Å². The van der Waals surface area contributed by atoms with Gasteiger partial charge in [0.05, 0.1) is 19.3 Å². The molecule has 0 aromatic heterocycles. The monoisotopic (exact) mass is 291 g/mol. The van der Waals surface area contributed by atoms with E-state index in [4.69, 9.17) is 4.74 Å². The van der Waals surface area contributed by atoms with Gasteiger partial charge < -0.3 is 9.84 Å². The van der Waals surface area contributed by atoms with Crippen molar-refractivity contribution in [2.24, 2.45) is 0 Å². The fraction of sp³-hybridized carbons (Fsp3) is 0.667. The zero-order valence-corrected chi connectivity index (χ0v) is 14.0. The molecule has 0 radical (unpaired) electrons. The van der Waals surface area contributed by atoms with Gasteiger partial charge in [-0.05, 0) is 30.4 Å². The van der Waals surface area contributed by atoms with Crippen LogP contribution in [0.3, 0.4) is 0 Å². The highest BCUT2D eigenvalue weighted by Crippen LogP contribution is 2.26. The maximum atomic E-state index is 10.5. The van der Waals surface area contributed by atoms with Crippen LogP contribution in [-0.2, 0) is 10.2 Å². The van der Waals surface area contributed by atoms with E-state index in [-0.39, 0.29) is 11.0 Å². The molecule has 0 amide bonds. The van der Waals surface area contributed by atoms with Gasteiger partial charge in [0.25, 0.3) is 0 Å². The van der Waals surface area contributed by atoms with E-state index in [9.17, 15) is 5.11 Å². The van der Waals surface area contributed by atoms with Crippen LogP contribution < -0.4 is 0 Å². The lowest BCUT2D eigenvalue weighted by molar-refractivity contribution is -0.0667. The second-order valence-corrected chi connectivity index (χ2v) is 7.70. The summed E-state index contributed by atoms with van der Waals surface area (Å²) < 4.78 is 5.53. The number of aliphatic hydroxyl groups excluding tert-OH is 1. The first-order valence-electron chi connectivity index (χ1n) is 7.81. The van der Waals surface area contributed by atoms with E-state index in [0.717, 1.165) is 25.3 Å². The zero-order valence-electron chi connectivity index (χ0n) is 14.0. The number of hydrogen-bond acceptors (Lipinski definition) is 3. The lowest BCUT2D eigenvalue weighted by Gasteiger charge is -2.43. The molecule has 1 heterocycles. The van der Waals surface area contributed by atoms with Gasteiger partial charge >= 0.3 is 0 Å². The third-order valence-electron chi connectivity index (χ3n) is 4.37. The van der Waals surface area contributed by atoms with Gasteiger partial charge in [-0.1, -0.05) is 45.0 Å². The van der Waals surface area contributed by atoms with Crippen LogP contribution in [0.5, 0.6) is 0 Å². The minimum Gasteiger partial charge on any atom is -0.387 e. The lowest BCUT2D eigenvalue weighted by Crippen LogP contribution is -2.54. The van der Waals surface area contributed by atoms with Crippen LogP contribution in [0.4, 0.5) is 0 Å². The summed E-state index contributed by atoms with van der Waals surface area (Å²) >= 11 is 0. The van der Waals surface area contributed by atoms with Crippen LogP contribution in [0.2, 0.25) is 0 Å². The van der Waals surface area contributed by atoms with Crippen molar-refractivity contribution in [3.05, 3.63) is 35.4 Å². The van der Waals surface area contributed by atoms with Crippen molar-refractivity contribution in [2.45, 2.75) is 51.7 Å². The smallest absolute Gasteiger partial charge is 0.0917 e. The molecule has 1 unspecified atom stereocenters. The second kappa shape index (κ2) is 6.07. The number of ether oxygens (including phenoxy) is 1. The molecule has 2 rings (SSSR count). The Bertz CT molecular complexity index is 459. The Labute approximate surface area is 128 Å². The Kier molecular flexibility index (Phi) is 4.76. The van der Waals surface area contributed by atoms with Crippen LogP contribution in [-0.4, -0.2) is 41.8 Å². The largest absolute Gasteiger partial charge is 0.387 e. The minimum absolute atomic E-state index is 0.00934. The van der Waals surface area contributed by atoms with Crippen molar-refractivity contribution >= 4 is 0 Å². The highest BCUT2D eigenvalue weighted by atomic mass is 16.5. The number of rotatable bonds is 3. The average molecular weight is 291 g/mol. The van der Waals surface area contributed by atoms with Crippen molar-refractivity contribution in [3.8, 4) is 0 Å². The highest BCUT2D eigenvalue weighted by Gasteiger charge is 2.31. The molecule has 3 nitrogen and oxygen atoms in total. The fourth-order valence-electron chi connectivity index (χ4n) is 2.75. The molecule has 0 aliphatic carbocycles. The molecule has 1 saturated heterocycles. The van der Waals surface area contributed by atoms with Crippen molar-refractivity contribution in [1.82, 2.24) is 4.90 Å². The molecule has 1 aliphatic heterocycles. The van der Waals surface area contributed by atoms with Gasteiger partial charge in [-0.3, -0.25) is 4.90 Å². The molecule has 0 bridgehead atoms. The van der Waals surface area contributed by atoms with Gasteiger partial charge in [-0.25, -0.2) is 0 Å². The molecular weight excluding hydrogens is 262 g/mol. The zero-order chi connectivity index (χ0) is 15.7. The molecule has 1 fully saturated rings. The number of nitrogens with zero attached hydrogens (tertiary/aromatic N) is 1. The van der Waals surface area contributed by atoms with Gasteiger partial charge in [0.15, 0.2) is 0 Å². The number of benzene rings is 1. The molecule has 1 aromatic carbocycles. The standard InChI is InChI=1S/C18H29NO2/c1-17(2,3)15-8-6-14(7-9-15)16(20)12-19-10-11-21-13-18(19,4)5/h6-9,16,20H,10-13H2,1-5H3. The number of β-amino-alcohol motifs (C(OH)–C–C–N with tert-alkyl or cyclic N) is 1. The maximum absolute atomic E-state index is 10.5. The summed E-state index contributed by atoms with van der Waals surface area (Å²) in [5.74, 6) is 0. The van der Waals surface area contributed by atoms with E-state index in [1.54, 1.807) is 0 Å². The minimum atomic E-state index is -0.448. The molecule has 3 heteroatoms. The Morgan fingerprint density at radius 3 is 2.38 bits per heavy atom.